The molecule has 0 saturated carbocycles. The molecule has 6 heteroatoms. The number of phenolic OH excluding ortho intramolecular Hbond substituents is 1. The summed E-state index contributed by atoms with van der Waals surface area (Å²) < 4.78 is 7.24. The number of aromatic nitrogens is 2. The fraction of sp³-hybridized carbons (Fsp3) is 0.526. The Morgan fingerprint density at radius 2 is 1.88 bits per heavy atom. The van der Waals surface area contributed by atoms with Crippen molar-refractivity contribution in [3.05, 3.63) is 41.7 Å². The summed E-state index contributed by atoms with van der Waals surface area (Å²) in [6.07, 6.45) is 4.28. The van der Waals surface area contributed by atoms with Gasteiger partial charge in [-0.1, -0.05) is 0 Å². The quantitative estimate of drug-likeness (QED) is 0.891. The van der Waals surface area contributed by atoms with Crippen molar-refractivity contribution >= 4 is 0 Å². The van der Waals surface area contributed by atoms with Crippen molar-refractivity contribution < 1.29 is 14.9 Å². The van der Waals surface area contributed by atoms with Crippen LogP contribution < -0.4 is 0 Å². The fourth-order valence-corrected chi connectivity index (χ4v) is 3.93. The van der Waals surface area contributed by atoms with Crippen molar-refractivity contribution in [2.75, 3.05) is 32.8 Å². The smallest absolute Gasteiger partial charge is 0.115 e. The maximum atomic E-state index is 10.5. The minimum absolute atomic E-state index is 0.230. The lowest BCUT2D eigenvalue weighted by Gasteiger charge is -2.31. The molecule has 0 spiro atoms. The number of ether oxygens (including phenoxy) is 1. The number of aromatic hydroxyl groups is 1. The molecule has 2 aliphatic rings. The molecule has 4 rings (SSSR count). The van der Waals surface area contributed by atoms with Gasteiger partial charge in [-0.3, -0.25) is 4.90 Å². The van der Waals surface area contributed by atoms with E-state index in [1.165, 1.54) is 5.56 Å². The van der Waals surface area contributed by atoms with Crippen molar-refractivity contribution in [1.82, 2.24) is 14.7 Å². The van der Waals surface area contributed by atoms with Gasteiger partial charge in [-0.25, -0.2) is 4.68 Å². The van der Waals surface area contributed by atoms with Crippen LogP contribution in [0.4, 0.5) is 0 Å². The highest BCUT2D eigenvalue weighted by Crippen LogP contribution is 2.40. The molecule has 0 amide bonds. The number of hydrogen-bond acceptors (Lipinski definition) is 5. The topological polar surface area (TPSA) is 70.8 Å². The molecule has 1 aliphatic heterocycles. The molecule has 2 unspecified atom stereocenters. The van der Waals surface area contributed by atoms with E-state index >= 15 is 0 Å². The number of fused-ring (bicyclic) bond motifs is 1. The highest BCUT2D eigenvalue weighted by atomic mass is 16.5. The van der Waals surface area contributed by atoms with E-state index in [1.807, 2.05) is 23.0 Å². The molecule has 1 aliphatic carbocycles. The minimum atomic E-state index is -0.481. The van der Waals surface area contributed by atoms with Gasteiger partial charge in [-0.15, -0.1) is 0 Å². The first-order valence-corrected chi connectivity index (χ1v) is 9.08. The fourth-order valence-electron chi connectivity index (χ4n) is 3.93. The van der Waals surface area contributed by atoms with Gasteiger partial charge >= 0.3 is 0 Å². The van der Waals surface area contributed by atoms with Crippen molar-refractivity contribution in [2.24, 2.45) is 0 Å². The van der Waals surface area contributed by atoms with Crippen molar-refractivity contribution in [2.45, 2.75) is 31.3 Å². The SMILES string of the molecule is Oc1ccc(-n2ncc3c2C(O)CCC3CCN2CCOCC2)cc1. The Hall–Kier alpha value is -1.89. The van der Waals surface area contributed by atoms with Crippen LogP contribution in [0.3, 0.4) is 0 Å². The monoisotopic (exact) mass is 343 g/mol. The second kappa shape index (κ2) is 7.15. The maximum Gasteiger partial charge on any atom is 0.115 e. The van der Waals surface area contributed by atoms with Crippen LogP contribution in [-0.2, 0) is 4.74 Å². The van der Waals surface area contributed by atoms with E-state index in [9.17, 15) is 10.2 Å². The third kappa shape index (κ3) is 3.42. The maximum absolute atomic E-state index is 10.5. The Bertz CT molecular complexity index is 707. The third-order valence-corrected chi connectivity index (χ3v) is 5.37. The first-order valence-electron chi connectivity index (χ1n) is 9.08. The molecule has 1 aromatic heterocycles. The molecule has 0 bridgehead atoms. The number of morpholine rings is 1. The van der Waals surface area contributed by atoms with Crippen LogP contribution in [0.1, 0.15) is 42.5 Å². The zero-order valence-electron chi connectivity index (χ0n) is 14.3. The molecule has 6 nitrogen and oxygen atoms in total. The lowest BCUT2D eigenvalue weighted by Crippen LogP contribution is -2.37. The van der Waals surface area contributed by atoms with Gasteiger partial charge in [0.2, 0.25) is 0 Å². The molecular formula is C19H25N3O3. The van der Waals surface area contributed by atoms with Crippen LogP contribution in [0.2, 0.25) is 0 Å². The molecule has 2 heterocycles. The number of rotatable bonds is 4. The normalized spacial score (nSPS) is 24.2. The minimum Gasteiger partial charge on any atom is -0.508 e. The lowest BCUT2D eigenvalue weighted by molar-refractivity contribution is 0.0359. The average Bonchev–Trinajstić information content (AvgIpc) is 3.09. The number of benzene rings is 1. The van der Waals surface area contributed by atoms with Crippen LogP contribution in [0.25, 0.3) is 5.69 Å². The highest BCUT2D eigenvalue weighted by molar-refractivity contribution is 5.41. The van der Waals surface area contributed by atoms with Gasteiger partial charge in [0.05, 0.1) is 36.9 Å². The molecule has 0 radical (unpaired) electrons. The molecule has 1 fully saturated rings. The Morgan fingerprint density at radius 1 is 1.12 bits per heavy atom. The van der Waals surface area contributed by atoms with E-state index < -0.39 is 6.10 Å². The van der Waals surface area contributed by atoms with Crippen LogP contribution in [0, 0.1) is 0 Å². The molecule has 1 aromatic carbocycles. The zero-order chi connectivity index (χ0) is 17.2. The Balaban J connectivity index is 1.54. The molecule has 134 valence electrons. The van der Waals surface area contributed by atoms with E-state index in [0.29, 0.717) is 5.92 Å². The summed E-state index contributed by atoms with van der Waals surface area (Å²) in [7, 11) is 0. The van der Waals surface area contributed by atoms with E-state index in [4.69, 9.17) is 4.74 Å². The zero-order valence-corrected chi connectivity index (χ0v) is 14.3. The highest BCUT2D eigenvalue weighted by Gasteiger charge is 2.30. The second-order valence-corrected chi connectivity index (χ2v) is 6.95. The van der Waals surface area contributed by atoms with Gasteiger partial charge in [0.25, 0.3) is 0 Å². The van der Waals surface area contributed by atoms with Crippen molar-refractivity contribution in [3.63, 3.8) is 0 Å². The molecule has 25 heavy (non-hydrogen) atoms. The first-order chi connectivity index (χ1) is 12.2. The standard InChI is InChI=1S/C19H25N3O3/c23-16-4-2-15(3-5-16)22-19-17(13-20-22)14(1-6-18(19)24)7-8-21-9-11-25-12-10-21/h2-5,13-14,18,23-24H,1,6-12H2. The number of phenols is 1. The van der Waals surface area contributed by atoms with Gasteiger partial charge in [-0.05, 0) is 61.6 Å². The molecule has 2 N–H and O–H groups in total. The van der Waals surface area contributed by atoms with Crippen LogP contribution in [0.5, 0.6) is 5.75 Å². The summed E-state index contributed by atoms with van der Waals surface area (Å²) in [6, 6.07) is 6.95. The summed E-state index contributed by atoms with van der Waals surface area (Å²) in [6.45, 7) is 4.73. The summed E-state index contributed by atoms with van der Waals surface area (Å²) in [5.41, 5.74) is 2.94. The molecule has 2 aromatic rings. The van der Waals surface area contributed by atoms with Gasteiger partial charge in [-0.2, -0.15) is 5.10 Å². The lowest BCUT2D eigenvalue weighted by atomic mass is 9.83. The van der Waals surface area contributed by atoms with Crippen molar-refractivity contribution in [1.29, 1.82) is 0 Å². The van der Waals surface area contributed by atoms with Gasteiger partial charge < -0.3 is 14.9 Å². The van der Waals surface area contributed by atoms with Crippen LogP contribution in [0.15, 0.2) is 30.5 Å². The van der Waals surface area contributed by atoms with Gasteiger partial charge in [0.1, 0.15) is 5.75 Å². The Labute approximate surface area is 147 Å². The van der Waals surface area contributed by atoms with E-state index in [2.05, 4.69) is 10.00 Å². The largest absolute Gasteiger partial charge is 0.508 e. The third-order valence-electron chi connectivity index (χ3n) is 5.37. The van der Waals surface area contributed by atoms with E-state index in [1.54, 1.807) is 12.1 Å². The number of hydrogen-bond donors (Lipinski definition) is 2. The predicted octanol–water partition coefficient (Wildman–Crippen LogP) is 2.21. The summed E-state index contributed by atoms with van der Waals surface area (Å²) in [4.78, 5) is 2.46. The van der Waals surface area contributed by atoms with Gasteiger partial charge in [0.15, 0.2) is 0 Å². The summed E-state index contributed by atoms with van der Waals surface area (Å²) in [5.74, 6) is 0.667. The van der Waals surface area contributed by atoms with E-state index in [-0.39, 0.29) is 5.75 Å². The van der Waals surface area contributed by atoms with Crippen molar-refractivity contribution in [3.8, 4) is 11.4 Å². The number of aliphatic hydroxyl groups excluding tert-OH is 1. The predicted molar refractivity (Wildman–Crippen MR) is 94.0 cm³/mol. The molecule has 1 saturated heterocycles. The molecular weight excluding hydrogens is 318 g/mol. The molecule has 2 atom stereocenters. The van der Waals surface area contributed by atoms with Crippen LogP contribution in [-0.4, -0.2) is 57.7 Å². The van der Waals surface area contributed by atoms with Crippen LogP contribution >= 0.6 is 0 Å². The summed E-state index contributed by atoms with van der Waals surface area (Å²) >= 11 is 0. The number of aliphatic hydroxyl groups is 1. The van der Waals surface area contributed by atoms with E-state index in [0.717, 1.165) is 63.5 Å². The Morgan fingerprint density at radius 3 is 2.64 bits per heavy atom. The first kappa shape index (κ1) is 16.6. The Kier molecular flexibility index (Phi) is 4.74. The second-order valence-electron chi connectivity index (χ2n) is 6.95. The average molecular weight is 343 g/mol. The number of nitrogens with zero attached hydrogens (tertiary/aromatic N) is 3. The van der Waals surface area contributed by atoms with Gasteiger partial charge in [0, 0.05) is 13.1 Å². The summed E-state index contributed by atoms with van der Waals surface area (Å²) in [5, 5.41) is 24.6.